The van der Waals surface area contributed by atoms with E-state index in [2.05, 4.69) is 27.5 Å². The van der Waals surface area contributed by atoms with E-state index >= 15 is 0 Å². The predicted molar refractivity (Wildman–Crippen MR) is 88.7 cm³/mol. The van der Waals surface area contributed by atoms with Crippen LogP contribution >= 0.6 is 0 Å². The van der Waals surface area contributed by atoms with Gasteiger partial charge in [0.05, 0.1) is 11.9 Å². The van der Waals surface area contributed by atoms with E-state index in [9.17, 15) is 4.79 Å². The Hall–Kier alpha value is -2.21. The Kier molecular flexibility index (Phi) is 4.71. The normalized spacial score (nSPS) is 18.3. The zero-order valence-electron chi connectivity index (χ0n) is 13.7. The third kappa shape index (κ3) is 3.59. The molecule has 1 fully saturated rings. The van der Waals surface area contributed by atoms with Crippen molar-refractivity contribution in [2.24, 2.45) is 0 Å². The predicted octanol–water partition coefficient (Wildman–Crippen LogP) is 1.79. The number of aromatic nitrogens is 3. The number of nitrogens with one attached hydrogen (secondary N) is 1. The maximum Gasteiger partial charge on any atom is 0.273 e. The van der Waals surface area contributed by atoms with Gasteiger partial charge in [0.2, 0.25) is 0 Å². The van der Waals surface area contributed by atoms with E-state index in [-0.39, 0.29) is 5.91 Å². The molecule has 0 spiro atoms. The highest BCUT2D eigenvalue weighted by molar-refractivity contribution is 5.91. The molecule has 6 nitrogen and oxygen atoms in total. The van der Waals surface area contributed by atoms with Gasteiger partial charge >= 0.3 is 0 Å². The molecule has 1 aliphatic rings. The minimum atomic E-state index is -0.161. The van der Waals surface area contributed by atoms with Gasteiger partial charge in [-0.1, -0.05) is 29.8 Å². The fourth-order valence-electron chi connectivity index (χ4n) is 3.04. The van der Waals surface area contributed by atoms with Crippen molar-refractivity contribution in [3.8, 4) is 5.69 Å². The van der Waals surface area contributed by atoms with Crippen molar-refractivity contribution in [3.05, 3.63) is 41.7 Å². The molecular formula is C17H23N5O. The molecule has 1 aromatic heterocycles. The molecule has 3 rings (SSSR count). The molecule has 0 radical (unpaired) electrons. The average molecular weight is 313 g/mol. The van der Waals surface area contributed by atoms with Crippen LogP contribution in [0.3, 0.4) is 0 Å². The standard InChI is InChI=1S/C17H23N5O/c1-3-21-10-4-5-15(21)11-18-17(23)16-12-22(20-19-16)14-8-6-13(2)7-9-14/h6-9,12,15H,3-5,10-11H2,1-2H3,(H,18,23). The Labute approximate surface area is 136 Å². The van der Waals surface area contributed by atoms with Crippen LogP contribution in [0.4, 0.5) is 0 Å². The SMILES string of the molecule is CCN1CCCC1CNC(=O)c1cn(-c2ccc(C)cc2)nn1. The summed E-state index contributed by atoms with van der Waals surface area (Å²) in [5, 5.41) is 11.0. The fourth-order valence-corrected chi connectivity index (χ4v) is 3.04. The number of hydrogen-bond acceptors (Lipinski definition) is 4. The van der Waals surface area contributed by atoms with E-state index in [1.54, 1.807) is 10.9 Å². The van der Waals surface area contributed by atoms with E-state index in [0.717, 1.165) is 25.2 Å². The van der Waals surface area contributed by atoms with Gasteiger partial charge in [-0.2, -0.15) is 0 Å². The molecule has 122 valence electrons. The molecular weight excluding hydrogens is 290 g/mol. The molecule has 1 saturated heterocycles. The van der Waals surface area contributed by atoms with Crippen molar-refractivity contribution in [1.29, 1.82) is 0 Å². The maximum absolute atomic E-state index is 12.2. The monoisotopic (exact) mass is 313 g/mol. The molecule has 1 unspecified atom stereocenters. The number of rotatable bonds is 5. The van der Waals surface area contributed by atoms with E-state index < -0.39 is 0 Å². The summed E-state index contributed by atoms with van der Waals surface area (Å²) >= 11 is 0. The van der Waals surface area contributed by atoms with Crippen molar-refractivity contribution < 1.29 is 4.79 Å². The smallest absolute Gasteiger partial charge is 0.273 e. The zero-order valence-corrected chi connectivity index (χ0v) is 13.7. The summed E-state index contributed by atoms with van der Waals surface area (Å²) in [4.78, 5) is 14.7. The molecule has 0 saturated carbocycles. The van der Waals surface area contributed by atoms with Crippen LogP contribution in [0.25, 0.3) is 5.69 Å². The van der Waals surface area contributed by atoms with Crippen molar-refractivity contribution in [2.75, 3.05) is 19.6 Å². The molecule has 1 amide bonds. The van der Waals surface area contributed by atoms with E-state index in [1.165, 1.54) is 12.0 Å². The number of amides is 1. The Morgan fingerprint density at radius 3 is 2.87 bits per heavy atom. The topological polar surface area (TPSA) is 63.1 Å². The van der Waals surface area contributed by atoms with Gasteiger partial charge in [-0.25, -0.2) is 4.68 Å². The second-order valence-electron chi connectivity index (χ2n) is 6.02. The number of aryl methyl sites for hydroxylation is 1. The van der Waals surface area contributed by atoms with E-state index in [4.69, 9.17) is 0 Å². The van der Waals surface area contributed by atoms with Gasteiger partial charge in [-0.05, 0) is 45.0 Å². The number of likely N-dealkylation sites (N-methyl/N-ethyl adjacent to an activating group) is 1. The van der Waals surface area contributed by atoms with Crippen LogP contribution in [-0.4, -0.2) is 51.5 Å². The van der Waals surface area contributed by atoms with Gasteiger partial charge in [-0.15, -0.1) is 5.10 Å². The number of likely N-dealkylation sites (tertiary alicyclic amines) is 1. The summed E-state index contributed by atoms with van der Waals surface area (Å²) in [6.45, 7) is 7.02. The molecule has 0 aliphatic carbocycles. The number of nitrogens with zero attached hydrogens (tertiary/aromatic N) is 4. The molecule has 23 heavy (non-hydrogen) atoms. The van der Waals surface area contributed by atoms with Crippen LogP contribution in [0, 0.1) is 6.92 Å². The summed E-state index contributed by atoms with van der Waals surface area (Å²) in [7, 11) is 0. The number of carbonyl (C=O) groups excluding carboxylic acids is 1. The fraction of sp³-hybridized carbons (Fsp3) is 0.471. The zero-order chi connectivity index (χ0) is 16.2. The maximum atomic E-state index is 12.2. The van der Waals surface area contributed by atoms with Crippen LogP contribution in [-0.2, 0) is 0 Å². The first kappa shape index (κ1) is 15.7. The quantitative estimate of drug-likeness (QED) is 0.914. The molecule has 1 aromatic carbocycles. The van der Waals surface area contributed by atoms with Crippen molar-refractivity contribution >= 4 is 5.91 Å². The lowest BCUT2D eigenvalue weighted by molar-refractivity contribution is 0.0936. The Morgan fingerprint density at radius 1 is 1.35 bits per heavy atom. The second-order valence-corrected chi connectivity index (χ2v) is 6.02. The number of carbonyl (C=O) groups is 1. The first-order valence-corrected chi connectivity index (χ1v) is 8.19. The van der Waals surface area contributed by atoms with Gasteiger partial charge in [0.25, 0.3) is 5.91 Å². The molecule has 0 bridgehead atoms. The molecule has 1 atom stereocenters. The van der Waals surface area contributed by atoms with Gasteiger partial charge in [0, 0.05) is 12.6 Å². The minimum Gasteiger partial charge on any atom is -0.349 e. The van der Waals surface area contributed by atoms with Gasteiger partial charge in [0.1, 0.15) is 0 Å². The largest absolute Gasteiger partial charge is 0.349 e. The molecule has 1 N–H and O–H groups in total. The molecule has 2 aromatic rings. The third-order valence-corrected chi connectivity index (χ3v) is 4.43. The van der Waals surface area contributed by atoms with Crippen molar-refractivity contribution in [2.45, 2.75) is 32.7 Å². The van der Waals surface area contributed by atoms with E-state index in [0.29, 0.717) is 18.3 Å². The summed E-state index contributed by atoms with van der Waals surface area (Å²) in [6.07, 6.45) is 4.02. The Bertz CT molecular complexity index is 664. The first-order valence-electron chi connectivity index (χ1n) is 8.19. The lowest BCUT2D eigenvalue weighted by Crippen LogP contribution is -2.40. The summed E-state index contributed by atoms with van der Waals surface area (Å²) < 4.78 is 1.63. The van der Waals surface area contributed by atoms with Gasteiger partial charge in [-0.3, -0.25) is 9.69 Å². The highest BCUT2D eigenvalue weighted by Crippen LogP contribution is 2.15. The second kappa shape index (κ2) is 6.91. The van der Waals surface area contributed by atoms with Crippen LogP contribution in [0.1, 0.15) is 35.8 Å². The summed E-state index contributed by atoms with van der Waals surface area (Å²) in [6, 6.07) is 8.38. The van der Waals surface area contributed by atoms with Crippen molar-refractivity contribution in [3.63, 3.8) is 0 Å². The number of hydrogen-bond donors (Lipinski definition) is 1. The highest BCUT2D eigenvalue weighted by atomic mass is 16.2. The highest BCUT2D eigenvalue weighted by Gasteiger charge is 2.23. The van der Waals surface area contributed by atoms with Crippen LogP contribution in [0.5, 0.6) is 0 Å². The average Bonchev–Trinajstić information content (AvgIpc) is 3.22. The molecule has 2 heterocycles. The number of benzene rings is 1. The van der Waals surface area contributed by atoms with Gasteiger partial charge in [0.15, 0.2) is 5.69 Å². The summed E-state index contributed by atoms with van der Waals surface area (Å²) in [5.74, 6) is -0.161. The third-order valence-electron chi connectivity index (χ3n) is 4.43. The molecule has 1 aliphatic heterocycles. The van der Waals surface area contributed by atoms with Crippen LogP contribution in [0.15, 0.2) is 30.5 Å². The van der Waals surface area contributed by atoms with E-state index in [1.807, 2.05) is 31.2 Å². The Morgan fingerprint density at radius 2 is 2.13 bits per heavy atom. The first-order chi connectivity index (χ1) is 11.2. The Balaban J connectivity index is 1.61. The molecule has 6 heteroatoms. The van der Waals surface area contributed by atoms with Crippen LogP contribution in [0.2, 0.25) is 0 Å². The summed E-state index contributed by atoms with van der Waals surface area (Å²) in [5.41, 5.74) is 2.44. The van der Waals surface area contributed by atoms with Crippen LogP contribution < -0.4 is 5.32 Å². The van der Waals surface area contributed by atoms with Crippen molar-refractivity contribution in [1.82, 2.24) is 25.2 Å². The lowest BCUT2D eigenvalue weighted by Gasteiger charge is -2.22. The minimum absolute atomic E-state index is 0.161. The van der Waals surface area contributed by atoms with Gasteiger partial charge < -0.3 is 5.32 Å². The lowest BCUT2D eigenvalue weighted by atomic mass is 10.2.